The molecule has 23 heavy (non-hydrogen) atoms. The van der Waals surface area contributed by atoms with E-state index in [9.17, 15) is 0 Å². The maximum absolute atomic E-state index is 5.47. The standard InChI is InChI=1S/C17H25N5O/c1-23-16-6-3-2-5-15(16)22-13-11-21(12-14-22)10-4-7-18-17-19-8-9-20-17/h2-3,5-6,8-9H,4,7,10-14H2,1H3,(H2,18,19,20). The van der Waals surface area contributed by atoms with Crippen LogP contribution in [0.1, 0.15) is 6.42 Å². The summed E-state index contributed by atoms with van der Waals surface area (Å²) in [6, 6.07) is 8.26. The highest BCUT2D eigenvalue weighted by atomic mass is 16.5. The van der Waals surface area contributed by atoms with Gasteiger partial charge in [-0.3, -0.25) is 4.90 Å². The van der Waals surface area contributed by atoms with Crippen LogP contribution in [0.2, 0.25) is 0 Å². The molecular weight excluding hydrogens is 290 g/mol. The van der Waals surface area contributed by atoms with Crippen molar-refractivity contribution in [2.24, 2.45) is 0 Å². The van der Waals surface area contributed by atoms with Crippen molar-refractivity contribution in [3.63, 3.8) is 0 Å². The summed E-state index contributed by atoms with van der Waals surface area (Å²) in [6.07, 6.45) is 4.72. The number of methoxy groups -OCH3 is 1. The summed E-state index contributed by atoms with van der Waals surface area (Å²) in [5.41, 5.74) is 1.20. The highest BCUT2D eigenvalue weighted by molar-refractivity contribution is 5.58. The molecule has 0 unspecified atom stereocenters. The van der Waals surface area contributed by atoms with Crippen molar-refractivity contribution in [3.8, 4) is 5.75 Å². The summed E-state index contributed by atoms with van der Waals surface area (Å²) in [6.45, 7) is 6.35. The lowest BCUT2D eigenvalue weighted by molar-refractivity contribution is 0.256. The number of rotatable bonds is 7. The van der Waals surface area contributed by atoms with E-state index in [0.29, 0.717) is 0 Å². The van der Waals surface area contributed by atoms with Crippen LogP contribution in [0.25, 0.3) is 0 Å². The second-order valence-electron chi connectivity index (χ2n) is 5.72. The summed E-state index contributed by atoms with van der Waals surface area (Å²) in [5.74, 6) is 1.81. The minimum absolute atomic E-state index is 0.853. The summed E-state index contributed by atoms with van der Waals surface area (Å²) in [7, 11) is 1.74. The van der Waals surface area contributed by atoms with Crippen LogP contribution in [0.5, 0.6) is 5.75 Å². The first-order chi connectivity index (χ1) is 11.4. The average molecular weight is 315 g/mol. The average Bonchev–Trinajstić information content (AvgIpc) is 3.13. The SMILES string of the molecule is COc1ccccc1N1CCN(CCCNc2ncc[nH]2)CC1. The molecule has 6 nitrogen and oxygen atoms in total. The maximum Gasteiger partial charge on any atom is 0.200 e. The van der Waals surface area contributed by atoms with Crippen LogP contribution in [0.15, 0.2) is 36.7 Å². The molecule has 0 aliphatic carbocycles. The number of aromatic amines is 1. The number of H-pyrrole nitrogens is 1. The van der Waals surface area contributed by atoms with E-state index in [2.05, 4.69) is 37.2 Å². The molecule has 1 aliphatic rings. The van der Waals surface area contributed by atoms with Gasteiger partial charge in [-0.15, -0.1) is 0 Å². The molecule has 6 heteroatoms. The first-order valence-electron chi connectivity index (χ1n) is 8.20. The van der Waals surface area contributed by atoms with Crippen LogP contribution in [0.4, 0.5) is 11.6 Å². The van der Waals surface area contributed by atoms with Crippen LogP contribution in [-0.2, 0) is 0 Å². The lowest BCUT2D eigenvalue weighted by atomic mass is 10.2. The zero-order valence-electron chi connectivity index (χ0n) is 13.7. The third kappa shape index (κ3) is 4.16. The monoisotopic (exact) mass is 315 g/mol. The molecule has 1 saturated heterocycles. The van der Waals surface area contributed by atoms with Gasteiger partial charge in [-0.1, -0.05) is 12.1 Å². The Hall–Kier alpha value is -2.21. The van der Waals surface area contributed by atoms with Crippen molar-refractivity contribution < 1.29 is 4.74 Å². The minimum atomic E-state index is 0.853. The lowest BCUT2D eigenvalue weighted by Gasteiger charge is -2.36. The molecule has 1 aliphatic heterocycles. The van der Waals surface area contributed by atoms with Crippen LogP contribution < -0.4 is 15.0 Å². The van der Waals surface area contributed by atoms with Gasteiger partial charge in [-0.2, -0.15) is 0 Å². The summed E-state index contributed by atoms with van der Waals surface area (Å²) >= 11 is 0. The summed E-state index contributed by atoms with van der Waals surface area (Å²) in [5, 5.41) is 3.29. The molecule has 2 N–H and O–H groups in total. The number of imidazole rings is 1. The number of benzene rings is 1. The molecular formula is C17H25N5O. The van der Waals surface area contributed by atoms with E-state index < -0.39 is 0 Å². The Morgan fingerprint density at radius 2 is 2.04 bits per heavy atom. The molecule has 3 rings (SSSR count). The summed E-state index contributed by atoms with van der Waals surface area (Å²) in [4.78, 5) is 12.2. The molecule has 2 heterocycles. The first-order valence-corrected chi connectivity index (χ1v) is 8.20. The van der Waals surface area contributed by atoms with Crippen LogP contribution in [0, 0.1) is 0 Å². The zero-order valence-corrected chi connectivity index (χ0v) is 13.7. The molecule has 2 aromatic rings. The van der Waals surface area contributed by atoms with Gasteiger partial charge in [-0.05, 0) is 25.1 Å². The predicted molar refractivity (Wildman–Crippen MR) is 93.3 cm³/mol. The molecule has 0 spiro atoms. The van der Waals surface area contributed by atoms with E-state index in [-0.39, 0.29) is 0 Å². The number of hydrogen-bond acceptors (Lipinski definition) is 5. The number of ether oxygens (including phenoxy) is 1. The minimum Gasteiger partial charge on any atom is -0.495 e. The lowest BCUT2D eigenvalue weighted by Crippen LogP contribution is -2.46. The molecule has 0 radical (unpaired) electrons. The topological polar surface area (TPSA) is 56.4 Å². The Morgan fingerprint density at radius 1 is 1.22 bits per heavy atom. The quantitative estimate of drug-likeness (QED) is 0.766. The maximum atomic E-state index is 5.47. The Morgan fingerprint density at radius 3 is 2.78 bits per heavy atom. The van der Waals surface area contributed by atoms with Crippen molar-refractivity contribution in [3.05, 3.63) is 36.7 Å². The smallest absolute Gasteiger partial charge is 0.200 e. The molecule has 1 aromatic heterocycles. The van der Waals surface area contributed by atoms with Crippen LogP contribution in [-0.4, -0.2) is 61.2 Å². The van der Waals surface area contributed by atoms with Gasteiger partial charge < -0.3 is 19.9 Å². The fourth-order valence-electron chi connectivity index (χ4n) is 2.97. The third-order valence-electron chi connectivity index (χ3n) is 4.24. The number of nitrogens with zero attached hydrogens (tertiary/aromatic N) is 3. The molecule has 0 atom stereocenters. The predicted octanol–water partition coefficient (Wildman–Crippen LogP) is 2.04. The van der Waals surface area contributed by atoms with Gasteiger partial charge in [0.25, 0.3) is 0 Å². The second kappa shape index (κ2) is 7.87. The number of anilines is 2. The van der Waals surface area contributed by atoms with Gasteiger partial charge in [0, 0.05) is 45.1 Å². The number of hydrogen-bond donors (Lipinski definition) is 2. The Kier molecular flexibility index (Phi) is 5.37. The van der Waals surface area contributed by atoms with E-state index in [4.69, 9.17) is 4.74 Å². The van der Waals surface area contributed by atoms with Crippen LogP contribution >= 0.6 is 0 Å². The highest BCUT2D eigenvalue weighted by Crippen LogP contribution is 2.28. The number of nitrogens with one attached hydrogen (secondary N) is 2. The molecule has 0 saturated carbocycles. The molecule has 1 aromatic carbocycles. The fraction of sp³-hybridized carbons (Fsp3) is 0.471. The normalized spacial score (nSPS) is 15.6. The number of piperazine rings is 1. The van der Waals surface area contributed by atoms with E-state index in [1.807, 2.05) is 18.3 Å². The fourth-order valence-corrected chi connectivity index (χ4v) is 2.97. The molecule has 0 bridgehead atoms. The van der Waals surface area contributed by atoms with E-state index in [1.165, 1.54) is 5.69 Å². The van der Waals surface area contributed by atoms with Crippen molar-refractivity contribution in [2.45, 2.75) is 6.42 Å². The van der Waals surface area contributed by atoms with Gasteiger partial charge >= 0.3 is 0 Å². The second-order valence-corrected chi connectivity index (χ2v) is 5.72. The number of aromatic nitrogens is 2. The zero-order chi connectivity index (χ0) is 15.9. The van der Waals surface area contributed by atoms with E-state index in [0.717, 1.165) is 57.4 Å². The Bertz CT molecular complexity index is 578. The van der Waals surface area contributed by atoms with Gasteiger partial charge in [0.15, 0.2) is 5.95 Å². The summed E-state index contributed by atoms with van der Waals surface area (Å²) < 4.78 is 5.47. The number of para-hydroxylation sites is 2. The highest BCUT2D eigenvalue weighted by Gasteiger charge is 2.18. The van der Waals surface area contributed by atoms with Gasteiger partial charge in [0.1, 0.15) is 5.75 Å². The molecule has 124 valence electrons. The van der Waals surface area contributed by atoms with Crippen LogP contribution in [0.3, 0.4) is 0 Å². The Labute approximate surface area is 137 Å². The van der Waals surface area contributed by atoms with Crippen molar-refractivity contribution in [2.75, 3.05) is 56.6 Å². The third-order valence-corrected chi connectivity index (χ3v) is 4.24. The molecule has 1 fully saturated rings. The van der Waals surface area contributed by atoms with Crippen molar-refractivity contribution in [1.82, 2.24) is 14.9 Å². The van der Waals surface area contributed by atoms with Gasteiger partial charge in [0.05, 0.1) is 12.8 Å². The largest absolute Gasteiger partial charge is 0.495 e. The van der Waals surface area contributed by atoms with Gasteiger partial charge in [0.2, 0.25) is 0 Å². The van der Waals surface area contributed by atoms with E-state index in [1.54, 1.807) is 13.3 Å². The van der Waals surface area contributed by atoms with E-state index >= 15 is 0 Å². The van der Waals surface area contributed by atoms with Crippen molar-refractivity contribution >= 4 is 11.6 Å². The molecule has 0 amide bonds. The first kappa shape index (κ1) is 15.7. The Balaban J connectivity index is 1.40. The van der Waals surface area contributed by atoms with Gasteiger partial charge in [-0.25, -0.2) is 4.98 Å². The van der Waals surface area contributed by atoms with Crippen molar-refractivity contribution in [1.29, 1.82) is 0 Å².